The van der Waals surface area contributed by atoms with Crippen LogP contribution in [0, 0.1) is 0 Å². The second-order valence-corrected chi connectivity index (χ2v) is 8.73. The van der Waals surface area contributed by atoms with E-state index in [4.69, 9.17) is 4.74 Å². The molecule has 2 aromatic rings. The fourth-order valence-corrected chi connectivity index (χ4v) is 4.58. The first-order valence-electron chi connectivity index (χ1n) is 11.2. The van der Waals surface area contributed by atoms with Crippen LogP contribution in [0.2, 0.25) is 0 Å². The minimum absolute atomic E-state index is 0.260. The summed E-state index contributed by atoms with van der Waals surface area (Å²) in [5.74, 6) is 0.560. The number of benzene rings is 1. The van der Waals surface area contributed by atoms with Crippen molar-refractivity contribution in [1.29, 1.82) is 0 Å². The number of rotatable bonds is 5. The molecule has 2 fully saturated rings. The third-order valence-electron chi connectivity index (χ3n) is 6.63. The van der Waals surface area contributed by atoms with Crippen LogP contribution in [0.15, 0.2) is 42.6 Å². The normalized spacial score (nSPS) is 19.3. The highest BCUT2D eigenvalue weighted by Crippen LogP contribution is 2.38. The van der Waals surface area contributed by atoms with Gasteiger partial charge in [0, 0.05) is 57.7 Å². The summed E-state index contributed by atoms with van der Waals surface area (Å²) in [5.41, 5.74) is -0.538. The first-order chi connectivity index (χ1) is 15.8. The number of hydrogen-bond acceptors (Lipinski definition) is 5. The van der Waals surface area contributed by atoms with Gasteiger partial charge in [0.15, 0.2) is 0 Å². The Bertz CT molecular complexity index is 968. The number of anilines is 1. The summed E-state index contributed by atoms with van der Waals surface area (Å²) in [5, 5.41) is 3.00. The van der Waals surface area contributed by atoms with Gasteiger partial charge >= 0.3 is 6.18 Å². The van der Waals surface area contributed by atoms with Gasteiger partial charge in [-0.05, 0) is 37.6 Å². The van der Waals surface area contributed by atoms with Crippen molar-refractivity contribution < 1.29 is 22.7 Å². The average Bonchev–Trinajstić information content (AvgIpc) is 2.83. The van der Waals surface area contributed by atoms with Gasteiger partial charge in [-0.3, -0.25) is 4.79 Å². The van der Waals surface area contributed by atoms with Crippen molar-refractivity contribution in [3.05, 3.63) is 59.3 Å². The Morgan fingerprint density at radius 2 is 1.85 bits per heavy atom. The van der Waals surface area contributed by atoms with Crippen molar-refractivity contribution in [1.82, 2.24) is 15.2 Å². The number of alkyl halides is 3. The van der Waals surface area contributed by atoms with Crippen LogP contribution in [0.1, 0.15) is 29.5 Å². The molecule has 6 nitrogen and oxygen atoms in total. The summed E-state index contributed by atoms with van der Waals surface area (Å²) in [6, 6.07) is 8.88. The number of nitrogens with zero attached hydrogens (tertiary/aromatic N) is 3. The summed E-state index contributed by atoms with van der Waals surface area (Å²) in [4.78, 5) is 22.5. The Morgan fingerprint density at radius 1 is 1.12 bits per heavy atom. The van der Waals surface area contributed by atoms with Crippen LogP contribution in [-0.2, 0) is 27.7 Å². The van der Waals surface area contributed by atoms with Gasteiger partial charge in [0.25, 0.3) is 0 Å². The second kappa shape index (κ2) is 9.69. The van der Waals surface area contributed by atoms with E-state index < -0.39 is 17.2 Å². The van der Waals surface area contributed by atoms with Crippen molar-refractivity contribution in [2.75, 3.05) is 51.3 Å². The van der Waals surface area contributed by atoms with Gasteiger partial charge in [-0.25, -0.2) is 4.98 Å². The Kier molecular flexibility index (Phi) is 6.90. The Balaban J connectivity index is 1.55. The minimum Gasteiger partial charge on any atom is -0.381 e. The van der Waals surface area contributed by atoms with Gasteiger partial charge in [-0.15, -0.1) is 0 Å². The molecule has 1 aromatic carbocycles. The number of halogens is 3. The molecule has 0 radical (unpaired) electrons. The lowest BCUT2D eigenvalue weighted by molar-refractivity contribution is -0.138. The fourth-order valence-electron chi connectivity index (χ4n) is 4.58. The first kappa shape index (κ1) is 23.5. The molecule has 0 aliphatic carbocycles. The molecule has 2 aliphatic rings. The third kappa shape index (κ3) is 5.14. The van der Waals surface area contributed by atoms with E-state index in [1.807, 2.05) is 12.1 Å². The molecule has 0 unspecified atom stereocenters. The highest BCUT2D eigenvalue weighted by Gasteiger charge is 2.43. The molecule has 0 bridgehead atoms. The molecule has 3 heterocycles. The number of pyridine rings is 1. The van der Waals surface area contributed by atoms with Gasteiger partial charge in [0.2, 0.25) is 5.91 Å². The second-order valence-electron chi connectivity index (χ2n) is 8.73. The van der Waals surface area contributed by atoms with E-state index in [0.717, 1.165) is 49.7 Å². The Labute approximate surface area is 191 Å². The number of nitrogens with one attached hydrogen (secondary N) is 1. The molecule has 0 spiro atoms. The summed E-state index contributed by atoms with van der Waals surface area (Å²) in [6.07, 6.45) is -2.06. The number of amides is 1. The number of carbonyl (C=O) groups excluding carboxylic acids is 1. The van der Waals surface area contributed by atoms with Gasteiger partial charge in [-0.1, -0.05) is 24.3 Å². The molecule has 2 saturated heterocycles. The van der Waals surface area contributed by atoms with Crippen LogP contribution in [0.3, 0.4) is 0 Å². The molecule has 9 heteroatoms. The summed E-state index contributed by atoms with van der Waals surface area (Å²) in [7, 11) is 2.08. The summed E-state index contributed by atoms with van der Waals surface area (Å²) in [6.45, 7) is 4.46. The van der Waals surface area contributed by atoms with Crippen molar-refractivity contribution in [3.63, 3.8) is 0 Å². The maximum absolute atomic E-state index is 13.5. The van der Waals surface area contributed by atoms with E-state index in [1.54, 1.807) is 12.3 Å². The van der Waals surface area contributed by atoms with Crippen molar-refractivity contribution in [3.8, 4) is 0 Å². The van der Waals surface area contributed by atoms with E-state index in [0.29, 0.717) is 31.6 Å². The Morgan fingerprint density at radius 3 is 2.55 bits per heavy atom. The Hall–Kier alpha value is -2.65. The van der Waals surface area contributed by atoms with E-state index in [1.165, 1.54) is 6.07 Å². The lowest BCUT2D eigenvalue weighted by Crippen LogP contribution is -2.48. The summed E-state index contributed by atoms with van der Waals surface area (Å²) < 4.78 is 45.4. The van der Waals surface area contributed by atoms with Crippen LogP contribution < -0.4 is 10.2 Å². The standard InChI is InChI=1S/C24H29F3N4O2/c1-30-10-12-31(13-11-30)21-18(4-3-9-28-21)17-29-22(32)23(7-14-33-15-8-23)19-5-2-6-20(16-19)24(25,26)27/h2-6,9,16H,7-8,10-15,17H2,1H3,(H,29,32). The number of piperazine rings is 1. The predicted molar refractivity (Wildman–Crippen MR) is 119 cm³/mol. The molecule has 0 saturated carbocycles. The van der Waals surface area contributed by atoms with Gasteiger partial charge < -0.3 is 19.9 Å². The zero-order valence-corrected chi connectivity index (χ0v) is 18.7. The van der Waals surface area contributed by atoms with E-state index in [2.05, 4.69) is 27.1 Å². The molecule has 2 aliphatic heterocycles. The number of aromatic nitrogens is 1. The average molecular weight is 463 g/mol. The van der Waals surface area contributed by atoms with Crippen LogP contribution in [0.4, 0.5) is 19.0 Å². The monoisotopic (exact) mass is 462 g/mol. The first-order valence-corrected chi connectivity index (χ1v) is 11.2. The maximum Gasteiger partial charge on any atom is 0.416 e. The van der Waals surface area contributed by atoms with Crippen LogP contribution >= 0.6 is 0 Å². The highest BCUT2D eigenvalue weighted by atomic mass is 19.4. The topological polar surface area (TPSA) is 57.7 Å². The van der Waals surface area contributed by atoms with Crippen molar-refractivity contribution in [2.24, 2.45) is 0 Å². The van der Waals surface area contributed by atoms with Gasteiger partial charge in [0.05, 0.1) is 11.0 Å². The van der Waals surface area contributed by atoms with E-state index >= 15 is 0 Å². The fraction of sp³-hybridized carbons (Fsp3) is 0.500. The molecule has 1 N–H and O–H groups in total. The molecule has 1 amide bonds. The minimum atomic E-state index is -4.47. The van der Waals surface area contributed by atoms with Crippen molar-refractivity contribution in [2.45, 2.75) is 31.0 Å². The quantitative estimate of drug-likeness (QED) is 0.740. The van der Waals surface area contributed by atoms with E-state index in [9.17, 15) is 18.0 Å². The highest BCUT2D eigenvalue weighted by molar-refractivity contribution is 5.88. The van der Waals surface area contributed by atoms with Crippen LogP contribution in [0.5, 0.6) is 0 Å². The molecular formula is C24H29F3N4O2. The van der Waals surface area contributed by atoms with Crippen LogP contribution in [0.25, 0.3) is 0 Å². The largest absolute Gasteiger partial charge is 0.416 e. The zero-order chi connectivity index (χ0) is 23.5. The molecule has 33 heavy (non-hydrogen) atoms. The molecule has 1 aromatic heterocycles. The number of ether oxygens (including phenoxy) is 1. The number of hydrogen-bond donors (Lipinski definition) is 1. The lowest BCUT2D eigenvalue weighted by atomic mass is 9.73. The number of likely N-dealkylation sites (N-methyl/N-ethyl adjacent to an activating group) is 1. The molecule has 178 valence electrons. The van der Waals surface area contributed by atoms with Crippen molar-refractivity contribution >= 4 is 11.7 Å². The van der Waals surface area contributed by atoms with Crippen LogP contribution in [-0.4, -0.2) is 62.2 Å². The smallest absolute Gasteiger partial charge is 0.381 e. The molecular weight excluding hydrogens is 433 g/mol. The van der Waals surface area contributed by atoms with Gasteiger partial charge in [-0.2, -0.15) is 13.2 Å². The van der Waals surface area contributed by atoms with Gasteiger partial charge in [0.1, 0.15) is 5.82 Å². The lowest BCUT2D eigenvalue weighted by Gasteiger charge is -2.37. The SMILES string of the molecule is CN1CCN(c2ncccc2CNC(=O)C2(c3cccc(C(F)(F)F)c3)CCOCC2)CC1. The maximum atomic E-state index is 13.5. The number of carbonyl (C=O) groups is 1. The zero-order valence-electron chi connectivity index (χ0n) is 18.7. The summed E-state index contributed by atoms with van der Waals surface area (Å²) >= 11 is 0. The molecule has 0 atom stereocenters. The molecule has 4 rings (SSSR count). The van der Waals surface area contributed by atoms with E-state index in [-0.39, 0.29) is 12.5 Å². The third-order valence-corrected chi connectivity index (χ3v) is 6.63. The predicted octanol–water partition coefficient (Wildman–Crippen LogP) is 3.22.